The van der Waals surface area contributed by atoms with Crippen LogP contribution in [0.2, 0.25) is 0 Å². The van der Waals surface area contributed by atoms with E-state index in [4.69, 9.17) is 19.7 Å². The predicted octanol–water partition coefficient (Wildman–Crippen LogP) is 6.67. The molecule has 2 aliphatic rings. The minimum absolute atomic E-state index is 0.0660. The van der Waals surface area contributed by atoms with Crippen LogP contribution < -0.4 is 5.32 Å². The van der Waals surface area contributed by atoms with Gasteiger partial charge in [-0.25, -0.2) is 9.59 Å². The van der Waals surface area contributed by atoms with E-state index in [1.807, 2.05) is 43.7 Å². The number of hydrazone groups is 1. The van der Waals surface area contributed by atoms with Crippen molar-refractivity contribution in [3.05, 3.63) is 125 Å². The van der Waals surface area contributed by atoms with Crippen LogP contribution in [0.1, 0.15) is 84.9 Å². The van der Waals surface area contributed by atoms with Gasteiger partial charge in [0, 0.05) is 24.4 Å². The van der Waals surface area contributed by atoms with Gasteiger partial charge in [0.05, 0.1) is 24.8 Å². The fourth-order valence-electron chi connectivity index (χ4n) is 6.88. The second kappa shape index (κ2) is 13.4. The number of rotatable bonds is 10. The number of hydrogen-bond acceptors (Lipinski definition) is 7. The van der Waals surface area contributed by atoms with Crippen LogP contribution in [0.4, 0.5) is 4.79 Å². The van der Waals surface area contributed by atoms with Crippen LogP contribution in [0.3, 0.4) is 0 Å². The number of ether oxygens (including phenoxy) is 2. The first-order valence-corrected chi connectivity index (χ1v) is 16.5. The van der Waals surface area contributed by atoms with Gasteiger partial charge >= 0.3 is 12.1 Å². The molecule has 4 aromatic rings. The van der Waals surface area contributed by atoms with Crippen molar-refractivity contribution in [2.75, 3.05) is 19.7 Å². The van der Waals surface area contributed by atoms with Gasteiger partial charge in [0.15, 0.2) is 5.69 Å². The van der Waals surface area contributed by atoms with Gasteiger partial charge in [0.1, 0.15) is 11.1 Å². The first kappa shape index (κ1) is 32.0. The van der Waals surface area contributed by atoms with E-state index in [1.165, 1.54) is 0 Å². The van der Waals surface area contributed by atoms with Crippen LogP contribution in [-0.4, -0.2) is 57.9 Å². The summed E-state index contributed by atoms with van der Waals surface area (Å²) in [4.78, 5) is 25.4. The molecule has 1 N–H and O–H groups in total. The maximum absolute atomic E-state index is 13.1. The van der Waals surface area contributed by atoms with E-state index in [1.54, 1.807) is 6.92 Å². The molecule has 2 heterocycles. The molecule has 1 amide bonds. The highest BCUT2D eigenvalue weighted by molar-refractivity contribution is 5.97. The molecule has 1 atom stereocenters. The monoisotopic (exact) mass is 633 g/mol. The summed E-state index contributed by atoms with van der Waals surface area (Å²) in [5, 5.41) is 15.3. The minimum atomic E-state index is -0.694. The summed E-state index contributed by atoms with van der Waals surface area (Å²) in [7, 11) is 0. The van der Waals surface area contributed by atoms with E-state index in [-0.39, 0.29) is 12.5 Å². The molecule has 1 unspecified atom stereocenters. The molecule has 244 valence electrons. The fourth-order valence-corrected chi connectivity index (χ4v) is 6.88. The number of amides is 1. The second-order valence-corrected chi connectivity index (χ2v) is 13.0. The summed E-state index contributed by atoms with van der Waals surface area (Å²) in [6.07, 6.45) is 1.53. The largest absolute Gasteiger partial charge is 0.461 e. The Hall–Kier alpha value is -4.92. The zero-order chi connectivity index (χ0) is 33.0. The van der Waals surface area contributed by atoms with Crippen molar-refractivity contribution in [1.82, 2.24) is 20.1 Å². The Morgan fingerprint density at radius 2 is 1.45 bits per heavy atom. The van der Waals surface area contributed by atoms with Crippen LogP contribution in [-0.2, 0) is 28.0 Å². The number of nitrogens with one attached hydrogen (secondary N) is 1. The Bertz CT molecular complexity index is 1630. The van der Waals surface area contributed by atoms with Gasteiger partial charge in [-0.15, -0.1) is 0 Å². The highest BCUT2D eigenvalue weighted by Gasteiger charge is 2.48. The number of esters is 1. The van der Waals surface area contributed by atoms with Gasteiger partial charge in [-0.1, -0.05) is 91.0 Å². The van der Waals surface area contributed by atoms with E-state index in [0.29, 0.717) is 38.2 Å². The molecule has 0 saturated heterocycles. The molecule has 3 aromatic carbocycles. The molecule has 9 nitrogen and oxygen atoms in total. The Kier molecular flexibility index (Phi) is 9.16. The quantitative estimate of drug-likeness (QED) is 0.119. The van der Waals surface area contributed by atoms with Crippen LogP contribution in [0.25, 0.3) is 0 Å². The number of carbonyl (C=O) groups excluding carboxylic acids is 2. The lowest BCUT2D eigenvalue weighted by Gasteiger charge is -2.42. The van der Waals surface area contributed by atoms with E-state index in [0.717, 1.165) is 40.1 Å². The SMILES string of the molecule is CCOC(=O)c1nn(CCCNC(=O)OC(C)(C)C)c2c1CCC1=NN(C(c3ccccc3)(c3ccccc3)c3ccccc3)CC12. The van der Waals surface area contributed by atoms with Crippen LogP contribution >= 0.6 is 0 Å². The summed E-state index contributed by atoms with van der Waals surface area (Å²) in [5.74, 6) is -0.472. The maximum Gasteiger partial charge on any atom is 0.407 e. The third-order valence-electron chi connectivity index (χ3n) is 8.71. The molecule has 9 heteroatoms. The zero-order valence-corrected chi connectivity index (χ0v) is 27.6. The molecule has 1 aliphatic heterocycles. The van der Waals surface area contributed by atoms with Gasteiger partial charge in [0.25, 0.3) is 0 Å². The van der Waals surface area contributed by atoms with Crippen molar-refractivity contribution in [3.8, 4) is 0 Å². The van der Waals surface area contributed by atoms with Gasteiger partial charge < -0.3 is 14.8 Å². The van der Waals surface area contributed by atoms with E-state index in [9.17, 15) is 9.59 Å². The van der Waals surface area contributed by atoms with Crippen molar-refractivity contribution in [2.45, 2.75) is 70.6 Å². The van der Waals surface area contributed by atoms with Gasteiger partial charge in [0.2, 0.25) is 0 Å². The average Bonchev–Trinajstić information content (AvgIpc) is 3.66. The number of aryl methyl sites for hydroxylation is 1. The topological polar surface area (TPSA) is 98.0 Å². The Morgan fingerprint density at radius 1 is 0.872 bits per heavy atom. The lowest BCUT2D eigenvalue weighted by Crippen LogP contribution is -2.45. The van der Waals surface area contributed by atoms with Crippen molar-refractivity contribution in [1.29, 1.82) is 0 Å². The number of hydrogen-bond donors (Lipinski definition) is 1. The Balaban J connectivity index is 1.38. The highest BCUT2D eigenvalue weighted by atomic mass is 16.6. The smallest absolute Gasteiger partial charge is 0.407 e. The van der Waals surface area contributed by atoms with E-state index >= 15 is 0 Å². The zero-order valence-electron chi connectivity index (χ0n) is 27.6. The van der Waals surface area contributed by atoms with E-state index < -0.39 is 23.2 Å². The molecule has 0 radical (unpaired) electrons. The summed E-state index contributed by atoms with van der Waals surface area (Å²) in [6.45, 7) is 9.13. The lowest BCUT2D eigenvalue weighted by atomic mass is 9.76. The van der Waals surface area contributed by atoms with Gasteiger partial charge in [-0.3, -0.25) is 9.69 Å². The van der Waals surface area contributed by atoms with Crippen molar-refractivity contribution in [3.63, 3.8) is 0 Å². The molecule has 6 rings (SSSR count). The summed E-state index contributed by atoms with van der Waals surface area (Å²) < 4.78 is 12.8. The van der Waals surface area contributed by atoms with Crippen LogP contribution in [0, 0.1) is 0 Å². The number of carbonyl (C=O) groups is 2. The summed E-state index contributed by atoms with van der Waals surface area (Å²) >= 11 is 0. The Morgan fingerprint density at radius 3 is 1.98 bits per heavy atom. The normalized spacial score (nSPS) is 15.8. The fraction of sp³-hybridized carbons (Fsp3) is 0.368. The lowest BCUT2D eigenvalue weighted by molar-refractivity contribution is 0.0512. The van der Waals surface area contributed by atoms with Gasteiger partial charge in [-0.05, 0) is 63.6 Å². The number of aromatic nitrogens is 2. The number of alkyl carbamates (subject to hydrolysis) is 1. The first-order chi connectivity index (χ1) is 22.7. The first-order valence-electron chi connectivity index (χ1n) is 16.5. The molecular formula is C38H43N5O4. The molecule has 1 aliphatic carbocycles. The van der Waals surface area contributed by atoms with Crippen molar-refractivity contribution in [2.24, 2.45) is 5.10 Å². The van der Waals surface area contributed by atoms with Crippen LogP contribution in [0.5, 0.6) is 0 Å². The molecule has 0 saturated carbocycles. The minimum Gasteiger partial charge on any atom is -0.461 e. The average molecular weight is 634 g/mol. The summed E-state index contributed by atoms with van der Waals surface area (Å²) in [5.41, 5.74) is 5.48. The molecule has 1 aromatic heterocycles. The number of nitrogens with zero attached hydrogens (tertiary/aromatic N) is 4. The second-order valence-electron chi connectivity index (χ2n) is 13.0. The van der Waals surface area contributed by atoms with Crippen molar-refractivity contribution >= 4 is 17.8 Å². The number of benzene rings is 3. The molecular weight excluding hydrogens is 590 g/mol. The van der Waals surface area contributed by atoms with Crippen molar-refractivity contribution < 1.29 is 19.1 Å². The molecule has 0 spiro atoms. The van der Waals surface area contributed by atoms with Crippen LogP contribution in [0.15, 0.2) is 96.1 Å². The maximum atomic E-state index is 13.1. The molecule has 47 heavy (non-hydrogen) atoms. The molecule has 0 bridgehead atoms. The number of fused-ring (bicyclic) bond motifs is 3. The van der Waals surface area contributed by atoms with Gasteiger partial charge in [-0.2, -0.15) is 10.2 Å². The predicted molar refractivity (Wildman–Crippen MR) is 181 cm³/mol. The van der Waals surface area contributed by atoms with E-state index in [2.05, 4.69) is 83.1 Å². The standard InChI is InChI=1S/C38H43N5O4/c1-5-46-35(44)33-30-22-23-32-31(34(30)42(41-33)25-15-24-39-36(45)47-37(2,3)4)26-43(40-32)38(27-16-9-6-10-17-27,28-18-11-7-12-19-28)29-20-13-8-14-21-29/h6-14,16-21,31H,5,15,22-26H2,1-4H3,(H,39,45). The Labute approximate surface area is 276 Å². The third-order valence-corrected chi connectivity index (χ3v) is 8.71. The third kappa shape index (κ3) is 6.39. The highest BCUT2D eigenvalue weighted by Crippen LogP contribution is 2.47. The summed E-state index contributed by atoms with van der Waals surface area (Å²) in [6, 6.07) is 31.7. The molecule has 0 fully saturated rings.